The summed E-state index contributed by atoms with van der Waals surface area (Å²) in [5.74, 6) is 0.332. The van der Waals surface area contributed by atoms with Crippen molar-refractivity contribution in [3.63, 3.8) is 0 Å². The maximum atomic E-state index is 9.68. The fourth-order valence-corrected chi connectivity index (χ4v) is 2.05. The number of aromatic hydroxyl groups is 1. The van der Waals surface area contributed by atoms with E-state index in [-0.39, 0.29) is 6.61 Å². The molecule has 0 atom stereocenters. The predicted octanol–water partition coefficient (Wildman–Crippen LogP) is 1.48. The van der Waals surface area contributed by atoms with Gasteiger partial charge in [-0.3, -0.25) is 4.90 Å². The van der Waals surface area contributed by atoms with E-state index in [9.17, 15) is 5.11 Å². The predicted molar refractivity (Wildman–Crippen MR) is 58.5 cm³/mol. The van der Waals surface area contributed by atoms with Crippen LogP contribution in [-0.4, -0.2) is 28.2 Å². The topological polar surface area (TPSA) is 43.7 Å². The lowest BCUT2D eigenvalue weighted by molar-refractivity contribution is 0.280. The van der Waals surface area contributed by atoms with Gasteiger partial charge in [-0.05, 0) is 43.6 Å². The summed E-state index contributed by atoms with van der Waals surface area (Å²) in [6.45, 7) is 3.05. The normalized spacial score (nSPS) is 17.1. The van der Waals surface area contributed by atoms with E-state index in [0.29, 0.717) is 5.75 Å². The third kappa shape index (κ3) is 2.49. The lowest BCUT2D eigenvalue weighted by Crippen LogP contribution is -2.18. The monoisotopic (exact) mass is 207 g/mol. The molecule has 0 spiro atoms. The molecule has 0 amide bonds. The summed E-state index contributed by atoms with van der Waals surface area (Å²) in [5.41, 5.74) is 1.78. The molecule has 3 heteroatoms. The SMILES string of the molecule is OCc1ccc(O)c(CN2CCCC2)c1. The molecule has 0 bridgehead atoms. The highest BCUT2D eigenvalue weighted by molar-refractivity contribution is 5.35. The summed E-state index contributed by atoms with van der Waals surface area (Å²) in [4.78, 5) is 2.33. The Morgan fingerprint density at radius 2 is 1.93 bits per heavy atom. The largest absolute Gasteiger partial charge is 0.508 e. The fraction of sp³-hybridized carbons (Fsp3) is 0.500. The van der Waals surface area contributed by atoms with Gasteiger partial charge in [-0.25, -0.2) is 0 Å². The number of rotatable bonds is 3. The Morgan fingerprint density at radius 3 is 2.60 bits per heavy atom. The number of nitrogens with zero attached hydrogens (tertiary/aromatic N) is 1. The number of phenols is 1. The van der Waals surface area contributed by atoms with E-state index in [0.717, 1.165) is 30.8 Å². The van der Waals surface area contributed by atoms with E-state index in [1.54, 1.807) is 12.1 Å². The highest BCUT2D eigenvalue weighted by Crippen LogP contribution is 2.22. The molecule has 3 nitrogen and oxygen atoms in total. The van der Waals surface area contributed by atoms with Crippen LogP contribution in [0.3, 0.4) is 0 Å². The van der Waals surface area contributed by atoms with Gasteiger partial charge in [-0.2, -0.15) is 0 Å². The Balaban J connectivity index is 2.11. The van der Waals surface area contributed by atoms with E-state index >= 15 is 0 Å². The summed E-state index contributed by atoms with van der Waals surface area (Å²) in [6, 6.07) is 5.30. The molecule has 1 aromatic rings. The van der Waals surface area contributed by atoms with Crippen molar-refractivity contribution in [1.29, 1.82) is 0 Å². The highest BCUT2D eigenvalue weighted by Gasteiger charge is 2.13. The molecule has 1 aliphatic rings. The van der Waals surface area contributed by atoms with Crippen LogP contribution in [0.5, 0.6) is 5.75 Å². The number of benzene rings is 1. The molecule has 0 unspecified atom stereocenters. The van der Waals surface area contributed by atoms with Crippen LogP contribution < -0.4 is 0 Å². The van der Waals surface area contributed by atoms with Gasteiger partial charge < -0.3 is 10.2 Å². The molecule has 0 aliphatic carbocycles. The molecule has 1 saturated heterocycles. The Kier molecular flexibility index (Phi) is 3.23. The second-order valence-corrected chi connectivity index (χ2v) is 4.10. The van der Waals surface area contributed by atoms with Crippen LogP contribution in [-0.2, 0) is 13.2 Å². The Morgan fingerprint density at radius 1 is 1.20 bits per heavy atom. The van der Waals surface area contributed by atoms with Gasteiger partial charge in [0, 0.05) is 12.1 Å². The van der Waals surface area contributed by atoms with Gasteiger partial charge in [0.25, 0.3) is 0 Å². The van der Waals surface area contributed by atoms with Crippen molar-refractivity contribution >= 4 is 0 Å². The first-order valence-electron chi connectivity index (χ1n) is 5.43. The molecular weight excluding hydrogens is 190 g/mol. The molecule has 0 aromatic heterocycles. The van der Waals surface area contributed by atoms with Crippen molar-refractivity contribution in [3.8, 4) is 5.75 Å². The van der Waals surface area contributed by atoms with Gasteiger partial charge in [-0.15, -0.1) is 0 Å². The van der Waals surface area contributed by atoms with E-state index in [4.69, 9.17) is 5.11 Å². The van der Waals surface area contributed by atoms with Crippen LogP contribution >= 0.6 is 0 Å². The zero-order valence-corrected chi connectivity index (χ0v) is 8.82. The van der Waals surface area contributed by atoms with E-state index < -0.39 is 0 Å². The second kappa shape index (κ2) is 4.64. The minimum Gasteiger partial charge on any atom is -0.508 e. The van der Waals surface area contributed by atoms with Crippen molar-refractivity contribution in [3.05, 3.63) is 29.3 Å². The minimum absolute atomic E-state index is 0.0350. The zero-order chi connectivity index (χ0) is 10.7. The molecule has 1 aliphatic heterocycles. The number of likely N-dealkylation sites (tertiary alicyclic amines) is 1. The number of hydrogen-bond acceptors (Lipinski definition) is 3. The summed E-state index contributed by atoms with van der Waals surface area (Å²) in [6.07, 6.45) is 2.50. The molecule has 0 radical (unpaired) electrons. The molecule has 15 heavy (non-hydrogen) atoms. The molecule has 82 valence electrons. The Labute approximate surface area is 90.0 Å². The number of phenolic OH excluding ortho intramolecular Hbond substituents is 1. The van der Waals surface area contributed by atoms with Gasteiger partial charge >= 0.3 is 0 Å². The van der Waals surface area contributed by atoms with E-state index in [2.05, 4.69) is 4.90 Å². The van der Waals surface area contributed by atoms with Crippen LogP contribution in [0.1, 0.15) is 24.0 Å². The van der Waals surface area contributed by atoms with E-state index in [1.165, 1.54) is 12.8 Å². The average molecular weight is 207 g/mol. The minimum atomic E-state index is 0.0350. The highest BCUT2D eigenvalue weighted by atomic mass is 16.3. The first-order valence-corrected chi connectivity index (χ1v) is 5.43. The van der Waals surface area contributed by atoms with Crippen LogP contribution in [0.2, 0.25) is 0 Å². The van der Waals surface area contributed by atoms with Crippen LogP contribution in [0, 0.1) is 0 Å². The molecule has 2 rings (SSSR count). The van der Waals surface area contributed by atoms with Gasteiger partial charge in [0.05, 0.1) is 6.61 Å². The number of aliphatic hydroxyl groups is 1. The second-order valence-electron chi connectivity index (χ2n) is 4.10. The molecule has 2 N–H and O–H groups in total. The van der Waals surface area contributed by atoms with Crippen molar-refractivity contribution in [2.24, 2.45) is 0 Å². The standard InChI is InChI=1S/C12H17NO2/c14-9-10-3-4-12(15)11(7-10)8-13-5-1-2-6-13/h3-4,7,14-15H,1-2,5-6,8-9H2. The first kappa shape index (κ1) is 10.5. The van der Waals surface area contributed by atoms with Gasteiger partial charge in [-0.1, -0.05) is 6.07 Å². The van der Waals surface area contributed by atoms with Gasteiger partial charge in [0.2, 0.25) is 0 Å². The van der Waals surface area contributed by atoms with Crippen molar-refractivity contribution in [1.82, 2.24) is 4.90 Å². The lowest BCUT2D eigenvalue weighted by Gasteiger charge is -2.16. The van der Waals surface area contributed by atoms with Crippen LogP contribution in [0.4, 0.5) is 0 Å². The van der Waals surface area contributed by atoms with Crippen molar-refractivity contribution in [2.75, 3.05) is 13.1 Å². The van der Waals surface area contributed by atoms with Crippen LogP contribution in [0.15, 0.2) is 18.2 Å². The third-order valence-electron chi connectivity index (χ3n) is 2.92. The summed E-state index contributed by atoms with van der Waals surface area (Å²) >= 11 is 0. The summed E-state index contributed by atoms with van der Waals surface area (Å²) in [5, 5.41) is 18.7. The molecular formula is C12H17NO2. The Hall–Kier alpha value is -1.06. The van der Waals surface area contributed by atoms with Gasteiger partial charge in [0.1, 0.15) is 5.75 Å². The first-order chi connectivity index (χ1) is 7.29. The summed E-state index contributed by atoms with van der Waals surface area (Å²) in [7, 11) is 0. The number of hydrogen-bond donors (Lipinski definition) is 2. The maximum Gasteiger partial charge on any atom is 0.120 e. The van der Waals surface area contributed by atoms with E-state index in [1.807, 2.05) is 6.07 Å². The molecule has 1 heterocycles. The van der Waals surface area contributed by atoms with Crippen molar-refractivity contribution < 1.29 is 10.2 Å². The molecule has 1 fully saturated rings. The lowest BCUT2D eigenvalue weighted by atomic mass is 10.1. The summed E-state index contributed by atoms with van der Waals surface area (Å²) < 4.78 is 0. The Bertz CT molecular complexity index is 332. The smallest absolute Gasteiger partial charge is 0.120 e. The molecule has 1 aromatic carbocycles. The maximum absolute atomic E-state index is 9.68. The number of aliphatic hydroxyl groups excluding tert-OH is 1. The van der Waals surface area contributed by atoms with Crippen LogP contribution in [0.25, 0.3) is 0 Å². The zero-order valence-electron chi connectivity index (χ0n) is 8.82. The molecule has 0 saturated carbocycles. The third-order valence-corrected chi connectivity index (χ3v) is 2.92. The fourth-order valence-electron chi connectivity index (χ4n) is 2.05. The average Bonchev–Trinajstić information content (AvgIpc) is 2.74. The quantitative estimate of drug-likeness (QED) is 0.789. The van der Waals surface area contributed by atoms with Gasteiger partial charge in [0.15, 0.2) is 0 Å². The van der Waals surface area contributed by atoms with Crippen molar-refractivity contribution in [2.45, 2.75) is 26.0 Å².